The van der Waals surface area contributed by atoms with Crippen LogP contribution in [0, 0.1) is 13.8 Å². The number of carbonyl (C=O) groups is 1. The summed E-state index contributed by atoms with van der Waals surface area (Å²) in [5.41, 5.74) is 13.0. The third-order valence-electron chi connectivity index (χ3n) is 2.16. The van der Waals surface area contributed by atoms with Crippen molar-refractivity contribution in [2.75, 3.05) is 5.73 Å². The van der Waals surface area contributed by atoms with Gasteiger partial charge in [-0.1, -0.05) is 0 Å². The zero-order chi connectivity index (χ0) is 10.2. The Labute approximate surface area is 76.7 Å². The van der Waals surface area contributed by atoms with Gasteiger partial charge in [-0.2, -0.15) is 5.10 Å². The van der Waals surface area contributed by atoms with E-state index in [1.165, 1.54) is 0 Å². The monoisotopic (exact) mass is 182 g/mol. The Balaban J connectivity index is 3.15. The van der Waals surface area contributed by atoms with Crippen LogP contribution < -0.4 is 11.5 Å². The van der Waals surface area contributed by atoms with E-state index in [1.807, 2.05) is 6.92 Å². The molecule has 0 aromatic carbocycles. The van der Waals surface area contributed by atoms with Crippen LogP contribution >= 0.6 is 0 Å². The summed E-state index contributed by atoms with van der Waals surface area (Å²) >= 11 is 0. The molecule has 13 heavy (non-hydrogen) atoms. The maximum absolute atomic E-state index is 10.9. The molecule has 0 fully saturated rings. The van der Waals surface area contributed by atoms with Gasteiger partial charge >= 0.3 is 0 Å². The molecular weight excluding hydrogens is 168 g/mol. The molecule has 0 bridgehead atoms. The molecule has 0 radical (unpaired) electrons. The van der Waals surface area contributed by atoms with Crippen molar-refractivity contribution in [1.82, 2.24) is 9.78 Å². The summed E-state index contributed by atoms with van der Waals surface area (Å²) in [6, 6.07) is -0.448. The molecule has 1 rings (SSSR count). The maximum Gasteiger partial charge on any atom is 0.242 e. The van der Waals surface area contributed by atoms with E-state index in [4.69, 9.17) is 11.5 Å². The minimum Gasteiger partial charge on any atom is -0.396 e. The van der Waals surface area contributed by atoms with Crippen LogP contribution in [-0.4, -0.2) is 15.7 Å². The summed E-state index contributed by atoms with van der Waals surface area (Å²) in [4.78, 5) is 10.9. The number of nitrogens with zero attached hydrogens (tertiary/aromatic N) is 2. The van der Waals surface area contributed by atoms with Crippen molar-refractivity contribution in [3.8, 4) is 0 Å². The van der Waals surface area contributed by atoms with Crippen molar-refractivity contribution in [3.05, 3.63) is 11.4 Å². The number of hydrogen-bond acceptors (Lipinski definition) is 3. The van der Waals surface area contributed by atoms with Gasteiger partial charge in [-0.3, -0.25) is 9.48 Å². The molecule has 0 aliphatic carbocycles. The molecule has 1 unspecified atom stereocenters. The maximum atomic E-state index is 10.9. The highest BCUT2D eigenvalue weighted by Gasteiger charge is 2.17. The van der Waals surface area contributed by atoms with Crippen LogP contribution in [0.3, 0.4) is 0 Å². The van der Waals surface area contributed by atoms with Crippen molar-refractivity contribution < 1.29 is 4.79 Å². The number of primary amides is 1. The van der Waals surface area contributed by atoms with Gasteiger partial charge < -0.3 is 11.5 Å². The van der Waals surface area contributed by atoms with E-state index in [-0.39, 0.29) is 0 Å². The van der Waals surface area contributed by atoms with Gasteiger partial charge in [-0.05, 0) is 20.8 Å². The Morgan fingerprint density at radius 3 is 2.38 bits per heavy atom. The van der Waals surface area contributed by atoms with Crippen LogP contribution in [0.5, 0.6) is 0 Å². The fraction of sp³-hybridized carbons (Fsp3) is 0.500. The van der Waals surface area contributed by atoms with Crippen LogP contribution in [0.4, 0.5) is 5.69 Å². The largest absolute Gasteiger partial charge is 0.396 e. The number of rotatable bonds is 2. The van der Waals surface area contributed by atoms with Crippen molar-refractivity contribution in [2.24, 2.45) is 5.73 Å². The highest BCUT2D eigenvalue weighted by atomic mass is 16.1. The minimum absolute atomic E-state index is 0.411. The summed E-state index contributed by atoms with van der Waals surface area (Å²) in [6.07, 6.45) is 0. The number of nitrogen functional groups attached to an aromatic ring is 1. The lowest BCUT2D eigenvalue weighted by Crippen LogP contribution is -2.25. The van der Waals surface area contributed by atoms with E-state index in [2.05, 4.69) is 5.10 Å². The Bertz CT molecular complexity index is 342. The van der Waals surface area contributed by atoms with Crippen LogP contribution in [0.15, 0.2) is 0 Å². The zero-order valence-corrected chi connectivity index (χ0v) is 8.03. The molecule has 0 saturated carbocycles. The van der Waals surface area contributed by atoms with Crippen molar-refractivity contribution in [3.63, 3.8) is 0 Å². The molecule has 1 atom stereocenters. The summed E-state index contributed by atoms with van der Waals surface area (Å²) in [5, 5.41) is 4.12. The highest BCUT2D eigenvalue weighted by Crippen LogP contribution is 2.18. The number of amides is 1. The third kappa shape index (κ3) is 1.49. The average Bonchev–Trinajstić information content (AvgIpc) is 2.31. The van der Waals surface area contributed by atoms with Crippen molar-refractivity contribution in [1.29, 1.82) is 0 Å². The zero-order valence-electron chi connectivity index (χ0n) is 8.03. The third-order valence-corrected chi connectivity index (χ3v) is 2.16. The van der Waals surface area contributed by atoms with Crippen molar-refractivity contribution in [2.45, 2.75) is 26.8 Å². The van der Waals surface area contributed by atoms with Crippen LogP contribution in [0.1, 0.15) is 24.4 Å². The summed E-state index contributed by atoms with van der Waals surface area (Å²) < 4.78 is 1.55. The Kier molecular flexibility index (Phi) is 2.27. The summed E-state index contributed by atoms with van der Waals surface area (Å²) in [6.45, 7) is 5.31. The molecule has 1 amide bonds. The van der Waals surface area contributed by atoms with E-state index in [9.17, 15) is 4.79 Å². The lowest BCUT2D eigenvalue weighted by Gasteiger charge is -2.09. The molecule has 1 heterocycles. The first-order chi connectivity index (χ1) is 5.95. The first-order valence-electron chi connectivity index (χ1n) is 4.05. The second-order valence-corrected chi connectivity index (χ2v) is 3.11. The average molecular weight is 182 g/mol. The van der Waals surface area contributed by atoms with Crippen LogP contribution in [0.25, 0.3) is 0 Å². The molecule has 5 heteroatoms. The van der Waals surface area contributed by atoms with Gasteiger partial charge in [0, 0.05) is 0 Å². The number of nitrogens with two attached hydrogens (primary N) is 2. The molecule has 72 valence electrons. The quantitative estimate of drug-likeness (QED) is 0.681. The van der Waals surface area contributed by atoms with Gasteiger partial charge in [-0.25, -0.2) is 0 Å². The molecule has 0 aliphatic heterocycles. The van der Waals surface area contributed by atoms with Gasteiger partial charge in [0.15, 0.2) is 0 Å². The molecule has 1 aromatic heterocycles. The van der Waals surface area contributed by atoms with Gasteiger partial charge in [0.25, 0.3) is 0 Å². The van der Waals surface area contributed by atoms with Gasteiger partial charge in [-0.15, -0.1) is 0 Å². The van der Waals surface area contributed by atoms with E-state index < -0.39 is 11.9 Å². The first-order valence-corrected chi connectivity index (χ1v) is 4.05. The lowest BCUT2D eigenvalue weighted by molar-refractivity contribution is -0.121. The first kappa shape index (κ1) is 9.57. The van der Waals surface area contributed by atoms with Crippen LogP contribution in [0.2, 0.25) is 0 Å². The standard InChI is InChI=1S/C8H14N4O/c1-4-7(9)5(2)12(11-4)6(3)8(10)13/h6H,9H2,1-3H3,(H2,10,13). The van der Waals surface area contributed by atoms with Crippen molar-refractivity contribution >= 4 is 11.6 Å². The lowest BCUT2D eigenvalue weighted by atomic mass is 10.3. The topological polar surface area (TPSA) is 86.9 Å². The number of hydrogen-bond donors (Lipinski definition) is 2. The molecule has 4 N–H and O–H groups in total. The van der Waals surface area contributed by atoms with Gasteiger partial charge in [0.1, 0.15) is 6.04 Å². The number of anilines is 1. The molecule has 0 saturated heterocycles. The van der Waals surface area contributed by atoms with E-state index in [0.29, 0.717) is 5.69 Å². The normalized spacial score (nSPS) is 12.8. The van der Waals surface area contributed by atoms with Crippen LogP contribution in [-0.2, 0) is 4.79 Å². The Morgan fingerprint density at radius 1 is 1.54 bits per heavy atom. The van der Waals surface area contributed by atoms with Gasteiger partial charge in [0.2, 0.25) is 5.91 Å². The summed E-state index contributed by atoms with van der Waals surface area (Å²) in [7, 11) is 0. The smallest absolute Gasteiger partial charge is 0.242 e. The van der Waals surface area contributed by atoms with E-state index in [1.54, 1.807) is 18.5 Å². The number of carbonyl (C=O) groups excluding carboxylic acids is 1. The number of aryl methyl sites for hydroxylation is 1. The van der Waals surface area contributed by atoms with E-state index >= 15 is 0 Å². The summed E-state index contributed by atoms with van der Waals surface area (Å²) in [5.74, 6) is -0.411. The second-order valence-electron chi connectivity index (χ2n) is 3.11. The fourth-order valence-corrected chi connectivity index (χ4v) is 1.17. The second kappa shape index (κ2) is 3.08. The van der Waals surface area contributed by atoms with E-state index in [0.717, 1.165) is 11.4 Å². The molecule has 1 aromatic rings. The fourth-order valence-electron chi connectivity index (χ4n) is 1.17. The predicted octanol–water partition coefficient (Wildman–Crippen LogP) is 0.128. The Hall–Kier alpha value is -1.52. The minimum atomic E-state index is -0.448. The predicted molar refractivity (Wildman–Crippen MR) is 50.0 cm³/mol. The Morgan fingerprint density at radius 2 is 2.08 bits per heavy atom. The van der Waals surface area contributed by atoms with Gasteiger partial charge in [0.05, 0.1) is 17.1 Å². The SMILES string of the molecule is Cc1nn(C(C)C(N)=O)c(C)c1N. The highest BCUT2D eigenvalue weighted by molar-refractivity contribution is 5.78. The molecule has 5 nitrogen and oxygen atoms in total. The number of aromatic nitrogens is 2. The molecule has 0 spiro atoms. The molecular formula is C8H14N4O. The molecule has 0 aliphatic rings.